The fourth-order valence-corrected chi connectivity index (χ4v) is 1.77. The second-order valence-electron chi connectivity index (χ2n) is 4.62. The maximum atomic E-state index is 4.33. The molecule has 0 aliphatic rings. The van der Waals surface area contributed by atoms with E-state index in [-0.39, 0.29) is 5.54 Å². The van der Waals surface area contributed by atoms with E-state index in [4.69, 9.17) is 0 Å². The van der Waals surface area contributed by atoms with Crippen molar-refractivity contribution in [1.29, 1.82) is 0 Å². The van der Waals surface area contributed by atoms with Crippen molar-refractivity contribution in [3.8, 4) is 0 Å². The highest BCUT2D eigenvalue weighted by atomic mass is 15.3. The average Bonchev–Trinajstić information content (AvgIpc) is 2.72. The van der Waals surface area contributed by atoms with Gasteiger partial charge in [-0.05, 0) is 19.8 Å². The molecule has 2 aromatic heterocycles. The van der Waals surface area contributed by atoms with Gasteiger partial charge in [-0.25, -0.2) is 9.97 Å². The highest BCUT2D eigenvalue weighted by Crippen LogP contribution is 2.25. The third-order valence-corrected chi connectivity index (χ3v) is 3.51. The Morgan fingerprint density at radius 2 is 2.00 bits per heavy atom. The predicted molar refractivity (Wildman–Crippen MR) is 68.9 cm³/mol. The molecular formula is C12H19N5. The lowest BCUT2D eigenvalue weighted by Gasteiger charge is -2.28. The Labute approximate surface area is 101 Å². The van der Waals surface area contributed by atoms with Gasteiger partial charge in [0, 0.05) is 12.6 Å². The maximum Gasteiger partial charge on any atom is 0.163 e. The molecule has 17 heavy (non-hydrogen) atoms. The molecule has 0 unspecified atom stereocenters. The summed E-state index contributed by atoms with van der Waals surface area (Å²) in [6.07, 6.45) is 5.49. The number of hydrogen-bond donors (Lipinski definition) is 1. The minimum absolute atomic E-state index is 0.0666. The number of anilines is 1. The summed E-state index contributed by atoms with van der Waals surface area (Å²) in [5, 5.41) is 8.69. The van der Waals surface area contributed by atoms with Crippen molar-refractivity contribution in [3.63, 3.8) is 0 Å². The molecule has 0 amide bonds. The van der Waals surface area contributed by atoms with Crippen LogP contribution in [0.15, 0.2) is 12.5 Å². The molecule has 0 spiro atoms. The molecule has 92 valence electrons. The van der Waals surface area contributed by atoms with Crippen LogP contribution >= 0.6 is 0 Å². The lowest BCUT2D eigenvalue weighted by atomic mass is 9.95. The van der Waals surface area contributed by atoms with E-state index in [2.05, 4.69) is 41.2 Å². The molecule has 0 fully saturated rings. The summed E-state index contributed by atoms with van der Waals surface area (Å²) >= 11 is 0. The molecule has 0 aliphatic heterocycles. The van der Waals surface area contributed by atoms with Crippen molar-refractivity contribution in [2.24, 2.45) is 7.05 Å². The summed E-state index contributed by atoms with van der Waals surface area (Å²) in [5.41, 5.74) is 0.925. The van der Waals surface area contributed by atoms with E-state index in [1.54, 1.807) is 11.0 Å². The Kier molecular flexibility index (Phi) is 3.00. The zero-order valence-electron chi connectivity index (χ0n) is 10.9. The number of aromatic nitrogens is 4. The number of nitrogens with one attached hydrogen (secondary N) is 1. The molecule has 0 radical (unpaired) electrons. The third-order valence-electron chi connectivity index (χ3n) is 3.51. The molecule has 0 atom stereocenters. The zero-order chi connectivity index (χ0) is 12.5. The Bertz CT molecular complexity index is 513. The van der Waals surface area contributed by atoms with Crippen LogP contribution in [0.1, 0.15) is 33.6 Å². The molecule has 0 saturated heterocycles. The highest BCUT2D eigenvalue weighted by Gasteiger charge is 2.21. The second kappa shape index (κ2) is 4.31. The Hall–Kier alpha value is -1.65. The first kappa shape index (κ1) is 11.8. The van der Waals surface area contributed by atoms with Crippen LogP contribution in [0.4, 0.5) is 5.82 Å². The predicted octanol–water partition coefficient (Wildman–Crippen LogP) is 2.35. The third kappa shape index (κ3) is 2.09. The van der Waals surface area contributed by atoms with Gasteiger partial charge < -0.3 is 5.32 Å². The van der Waals surface area contributed by atoms with E-state index in [1.165, 1.54) is 0 Å². The number of aryl methyl sites for hydroxylation is 1. The molecule has 1 N–H and O–H groups in total. The highest BCUT2D eigenvalue weighted by molar-refractivity contribution is 5.86. The van der Waals surface area contributed by atoms with E-state index in [0.29, 0.717) is 0 Å². The van der Waals surface area contributed by atoms with Gasteiger partial charge >= 0.3 is 0 Å². The van der Waals surface area contributed by atoms with Crippen LogP contribution in [-0.2, 0) is 7.05 Å². The van der Waals surface area contributed by atoms with Crippen molar-refractivity contribution in [2.75, 3.05) is 5.32 Å². The van der Waals surface area contributed by atoms with Gasteiger partial charge in [-0.15, -0.1) is 0 Å². The summed E-state index contributed by atoms with van der Waals surface area (Å²) in [6.45, 7) is 6.56. The standard InChI is InChI=1S/C12H19N5/c1-5-12(3,6-2)16-10-9-7-15-17(4)11(9)14-8-13-10/h7-8H,5-6H2,1-4H3,(H,13,14,16). The van der Waals surface area contributed by atoms with E-state index >= 15 is 0 Å². The van der Waals surface area contributed by atoms with Crippen LogP contribution in [-0.4, -0.2) is 25.3 Å². The minimum Gasteiger partial charge on any atom is -0.364 e. The fraction of sp³-hybridized carbons (Fsp3) is 0.583. The van der Waals surface area contributed by atoms with Gasteiger partial charge in [0.05, 0.1) is 11.6 Å². The number of nitrogens with zero attached hydrogens (tertiary/aromatic N) is 4. The van der Waals surface area contributed by atoms with Crippen LogP contribution in [0.25, 0.3) is 11.0 Å². The second-order valence-corrected chi connectivity index (χ2v) is 4.62. The van der Waals surface area contributed by atoms with Crippen molar-refractivity contribution >= 4 is 16.9 Å². The topological polar surface area (TPSA) is 55.6 Å². The largest absolute Gasteiger partial charge is 0.364 e. The minimum atomic E-state index is 0.0666. The van der Waals surface area contributed by atoms with Gasteiger partial charge in [0.25, 0.3) is 0 Å². The smallest absolute Gasteiger partial charge is 0.163 e. The molecule has 2 rings (SSSR count). The summed E-state index contributed by atoms with van der Waals surface area (Å²) in [7, 11) is 1.89. The molecular weight excluding hydrogens is 214 g/mol. The molecule has 0 saturated carbocycles. The molecule has 0 bridgehead atoms. The average molecular weight is 233 g/mol. The van der Waals surface area contributed by atoms with Gasteiger partial charge in [0.1, 0.15) is 12.1 Å². The van der Waals surface area contributed by atoms with Crippen molar-refractivity contribution < 1.29 is 0 Å². The fourth-order valence-electron chi connectivity index (χ4n) is 1.77. The first-order chi connectivity index (χ1) is 8.09. The van der Waals surface area contributed by atoms with Crippen LogP contribution in [0.2, 0.25) is 0 Å². The monoisotopic (exact) mass is 233 g/mol. The molecule has 5 heteroatoms. The SMILES string of the molecule is CCC(C)(CC)Nc1ncnc2c1cnn2C. The number of fused-ring (bicyclic) bond motifs is 1. The van der Waals surface area contributed by atoms with Gasteiger partial charge in [-0.2, -0.15) is 5.10 Å². The maximum absolute atomic E-state index is 4.33. The van der Waals surface area contributed by atoms with E-state index < -0.39 is 0 Å². The first-order valence-corrected chi connectivity index (χ1v) is 6.00. The zero-order valence-corrected chi connectivity index (χ0v) is 10.9. The van der Waals surface area contributed by atoms with E-state index in [0.717, 1.165) is 29.7 Å². The van der Waals surface area contributed by atoms with Crippen LogP contribution in [0.3, 0.4) is 0 Å². The van der Waals surface area contributed by atoms with Crippen molar-refractivity contribution in [2.45, 2.75) is 39.2 Å². The molecule has 0 aromatic carbocycles. The van der Waals surface area contributed by atoms with E-state index in [9.17, 15) is 0 Å². The van der Waals surface area contributed by atoms with Gasteiger partial charge in [-0.3, -0.25) is 4.68 Å². The number of hydrogen-bond acceptors (Lipinski definition) is 4. The lowest BCUT2D eigenvalue weighted by molar-refractivity contribution is 0.477. The van der Waals surface area contributed by atoms with Crippen LogP contribution in [0, 0.1) is 0 Å². The molecule has 0 aliphatic carbocycles. The summed E-state index contributed by atoms with van der Waals surface area (Å²) in [5.74, 6) is 0.870. The van der Waals surface area contributed by atoms with Crippen molar-refractivity contribution in [1.82, 2.24) is 19.7 Å². The summed E-state index contributed by atoms with van der Waals surface area (Å²) < 4.78 is 1.76. The Morgan fingerprint density at radius 3 is 2.65 bits per heavy atom. The van der Waals surface area contributed by atoms with E-state index in [1.807, 2.05) is 13.2 Å². The Morgan fingerprint density at radius 1 is 1.29 bits per heavy atom. The summed E-state index contributed by atoms with van der Waals surface area (Å²) in [6, 6.07) is 0. The quantitative estimate of drug-likeness (QED) is 0.880. The molecule has 2 heterocycles. The Balaban J connectivity index is 2.42. The van der Waals surface area contributed by atoms with Crippen LogP contribution in [0.5, 0.6) is 0 Å². The first-order valence-electron chi connectivity index (χ1n) is 6.00. The molecule has 5 nitrogen and oxygen atoms in total. The van der Waals surface area contributed by atoms with Crippen LogP contribution < -0.4 is 5.32 Å². The summed E-state index contributed by atoms with van der Waals surface area (Å²) in [4.78, 5) is 8.56. The van der Waals surface area contributed by atoms with Gasteiger partial charge in [0.15, 0.2) is 5.65 Å². The normalized spacial score (nSPS) is 12.0. The van der Waals surface area contributed by atoms with Gasteiger partial charge in [0.2, 0.25) is 0 Å². The lowest BCUT2D eigenvalue weighted by Crippen LogP contribution is -2.33. The van der Waals surface area contributed by atoms with Crippen molar-refractivity contribution in [3.05, 3.63) is 12.5 Å². The number of rotatable bonds is 4. The molecule has 2 aromatic rings. The van der Waals surface area contributed by atoms with Gasteiger partial charge in [-0.1, -0.05) is 13.8 Å².